The lowest BCUT2D eigenvalue weighted by Crippen LogP contribution is -2.12. The van der Waals surface area contributed by atoms with E-state index in [9.17, 15) is 4.79 Å². The van der Waals surface area contributed by atoms with Gasteiger partial charge in [0.25, 0.3) is 5.91 Å². The molecule has 1 N–H and O–H groups in total. The van der Waals surface area contributed by atoms with Gasteiger partial charge in [-0.15, -0.1) is 0 Å². The molecule has 4 heteroatoms. The predicted octanol–water partition coefficient (Wildman–Crippen LogP) is 4.73. The summed E-state index contributed by atoms with van der Waals surface area (Å²) in [6, 6.07) is 10.9. The Morgan fingerprint density at radius 1 is 1.00 bits per heavy atom. The number of carbonyl (C=O) groups excluding carboxylic acids is 1. The Morgan fingerprint density at radius 2 is 1.80 bits per heavy atom. The van der Waals surface area contributed by atoms with Crippen LogP contribution in [0.2, 0.25) is 10.0 Å². The van der Waals surface area contributed by atoms with E-state index in [4.69, 9.17) is 23.2 Å². The molecule has 0 aliphatic heterocycles. The molecule has 0 fully saturated rings. The summed E-state index contributed by atoms with van der Waals surface area (Å²) in [5, 5.41) is 3.76. The van der Waals surface area contributed by atoms with Crippen LogP contribution in [-0.2, 0) is 12.8 Å². The number of carbonyl (C=O) groups is 1. The molecule has 1 aliphatic rings. The molecule has 1 amide bonds. The van der Waals surface area contributed by atoms with Gasteiger partial charge in [0.2, 0.25) is 0 Å². The summed E-state index contributed by atoms with van der Waals surface area (Å²) in [6.45, 7) is 0. The molecule has 2 nitrogen and oxygen atoms in total. The first-order chi connectivity index (χ1) is 9.63. The Bertz CT molecular complexity index is 682. The highest BCUT2D eigenvalue weighted by Gasteiger charge is 2.14. The van der Waals surface area contributed by atoms with Gasteiger partial charge in [-0.3, -0.25) is 4.79 Å². The van der Waals surface area contributed by atoms with Crippen molar-refractivity contribution in [2.24, 2.45) is 0 Å². The number of amides is 1. The predicted molar refractivity (Wildman–Crippen MR) is 82.9 cm³/mol. The molecule has 1 aliphatic carbocycles. The maximum atomic E-state index is 12.2. The lowest BCUT2D eigenvalue weighted by Gasteiger charge is -2.09. The SMILES string of the molecule is O=C(Nc1ccc2c(c1)CCC2)c1cc(Cl)ccc1Cl. The molecular formula is C16H13Cl2NO. The zero-order chi connectivity index (χ0) is 14.1. The fourth-order valence-corrected chi connectivity index (χ4v) is 2.89. The Balaban J connectivity index is 1.84. The number of halogens is 2. The normalized spacial score (nSPS) is 13.1. The van der Waals surface area contributed by atoms with E-state index in [0.717, 1.165) is 18.5 Å². The first-order valence-corrected chi connectivity index (χ1v) is 7.27. The summed E-state index contributed by atoms with van der Waals surface area (Å²) in [6.07, 6.45) is 3.40. The molecule has 0 heterocycles. The molecule has 0 bridgehead atoms. The maximum Gasteiger partial charge on any atom is 0.257 e. The van der Waals surface area contributed by atoms with E-state index in [1.165, 1.54) is 17.5 Å². The number of hydrogen-bond donors (Lipinski definition) is 1. The molecule has 3 rings (SSSR count). The number of benzene rings is 2. The van der Waals surface area contributed by atoms with Crippen molar-refractivity contribution in [3.8, 4) is 0 Å². The van der Waals surface area contributed by atoms with Gasteiger partial charge in [0.15, 0.2) is 0 Å². The molecule has 0 saturated heterocycles. The van der Waals surface area contributed by atoms with E-state index in [1.807, 2.05) is 12.1 Å². The van der Waals surface area contributed by atoms with Crippen molar-refractivity contribution in [1.82, 2.24) is 0 Å². The van der Waals surface area contributed by atoms with Crippen LogP contribution in [0, 0.1) is 0 Å². The Morgan fingerprint density at radius 3 is 2.65 bits per heavy atom. The van der Waals surface area contributed by atoms with Crippen LogP contribution in [0.3, 0.4) is 0 Å². The first-order valence-electron chi connectivity index (χ1n) is 6.52. The van der Waals surface area contributed by atoms with Crippen LogP contribution in [0.5, 0.6) is 0 Å². The number of hydrogen-bond acceptors (Lipinski definition) is 1. The number of anilines is 1. The number of aryl methyl sites for hydroxylation is 2. The second kappa shape index (κ2) is 5.47. The second-order valence-electron chi connectivity index (χ2n) is 4.92. The summed E-state index contributed by atoms with van der Waals surface area (Å²) in [5.41, 5.74) is 3.88. The van der Waals surface area contributed by atoms with Crippen molar-refractivity contribution in [3.63, 3.8) is 0 Å². The lowest BCUT2D eigenvalue weighted by molar-refractivity contribution is 0.102. The third-order valence-electron chi connectivity index (χ3n) is 3.53. The van der Waals surface area contributed by atoms with Crippen molar-refractivity contribution < 1.29 is 4.79 Å². The van der Waals surface area contributed by atoms with Gasteiger partial charge in [-0.2, -0.15) is 0 Å². The Labute approximate surface area is 127 Å². The third kappa shape index (κ3) is 2.67. The molecule has 20 heavy (non-hydrogen) atoms. The summed E-state index contributed by atoms with van der Waals surface area (Å²) >= 11 is 11.9. The number of rotatable bonds is 2. The van der Waals surface area contributed by atoms with E-state index in [-0.39, 0.29) is 5.91 Å². The molecule has 0 aromatic heterocycles. The summed E-state index contributed by atoms with van der Waals surface area (Å²) < 4.78 is 0. The standard InChI is InChI=1S/C16H13Cl2NO/c17-12-5-7-15(18)14(9-12)16(20)19-13-6-4-10-2-1-3-11(10)8-13/h4-9H,1-3H2,(H,19,20). The van der Waals surface area contributed by atoms with Crippen molar-refractivity contribution in [2.75, 3.05) is 5.32 Å². The zero-order valence-electron chi connectivity index (χ0n) is 10.7. The van der Waals surface area contributed by atoms with Crippen molar-refractivity contribution in [3.05, 3.63) is 63.1 Å². The first kappa shape index (κ1) is 13.5. The van der Waals surface area contributed by atoms with Crippen molar-refractivity contribution in [1.29, 1.82) is 0 Å². The average molecular weight is 306 g/mol. The number of fused-ring (bicyclic) bond motifs is 1. The van der Waals surface area contributed by atoms with Gasteiger partial charge in [0.1, 0.15) is 0 Å². The fraction of sp³-hybridized carbons (Fsp3) is 0.188. The van der Waals surface area contributed by atoms with E-state index >= 15 is 0 Å². The summed E-state index contributed by atoms with van der Waals surface area (Å²) in [7, 11) is 0. The summed E-state index contributed by atoms with van der Waals surface area (Å²) in [4.78, 5) is 12.2. The van der Waals surface area contributed by atoms with Crippen LogP contribution in [0.1, 0.15) is 27.9 Å². The highest BCUT2D eigenvalue weighted by atomic mass is 35.5. The van der Waals surface area contributed by atoms with Crippen LogP contribution in [-0.4, -0.2) is 5.91 Å². The minimum Gasteiger partial charge on any atom is -0.322 e. The van der Waals surface area contributed by atoms with Gasteiger partial charge >= 0.3 is 0 Å². The lowest BCUT2D eigenvalue weighted by atomic mass is 10.1. The van der Waals surface area contributed by atoms with Crippen LogP contribution in [0.25, 0.3) is 0 Å². The van der Waals surface area contributed by atoms with Gasteiger partial charge in [-0.1, -0.05) is 29.3 Å². The molecule has 0 atom stereocenters. The summed E-state index contributed by atoms with van der Waals surface area (Å²) in [5.74, 6) is -0.240. The highest BCUT2D eigenvalue weighted by molar-refractivity contribution is 6.36. The molecule has 102 valence electrons. The zero-order valence-corrected chi connectivity index (χ0v) is 12.3. The smallest absolute Gasteiger partial charge is 0.257 e. The molecule has 0 saturated carbocycles. The Kier molecular flexibility index (Phi) is 3.68. The number of nitrogens with one attached hydrogen (secondary N) is 1. The molecule has 0 spiro atoms. The van der Waals surface area contributed by atoms with E-state index in [0.29, 0.717) is 15.6 Å². The monoisotopic (exact) mass is 305 g/mol. The quantitative estimate of drug-likeness (QED) is 0.853. The third-order valence-corrected chi connectivity index (χ3v) is 4.09. The Hall–Kier alpha value is -1.51. The molecular weight excluding hydrogens is 293 g/mol. The minimum atomic E-state index is -0.240. The van der Waals surface area contributed by atoms with E-state index < -0.39 is 0 Å². The van der Waals surface area contributed by atoms with Crippen LogP contribution in [0.15, 0.2) is 36.4 Å². The van der Waals surface area contributed by atoms with Crippen LogP contribution < -0.4 is 5.32 Å². The van der Waals surface area contributed by atoms with Gasteiger partial charge in [-0.25, -0.2) is 0 Å². The van der Waals surface area contributed by atoms with Crippen LogP contribution in [0.4, 0.5) is 5.69 Å². The van der Waals surface area contributed by atoms with Gasteiger partial charge < -0.3 is 5.32 Å². The molecule has 0 radical (unpaired) electrons. The molecule has 2 aromatic rings. The average Bonchev–Trinajstić information content (AvgIpc) is 2.89. The largest absolute Gasteiger partial charge is 0.322 e. The molecule has 2 aromatic carbocycles. The fourth-order valence-electron chi connectivity index (χ4n) is 2.52. The second-order valence-corrected chi connectivity index (χ2v) is 5.76. The van der Waals surface area contributed by atoms with E-state index in [1.54, 1.807) is 18.2 Å². The van der Waals surface area contributed by atoms with Crippen molar-refractivity contribution >= 4 is 34.8 Å². The maximum absolute atomic E-state index is 12.2. The van der Waals surface area contributed by atoms with Gasteiger partial charge in [0.05, 0.1) is 10.6 Å². The van der Waals surface area contributed by atoms with Gasteiger partial charge in [0, 0.05) is 10.7 Å². The highest BCUT2D eigenvalue weighted by Crippen LogP contribution is 2.26. The van der Waals surface area contributed by atoms with Crippen molar-refractivity contribution in [2.45, 2.75) is 19.3 Å². The topological polar surface area (TPSA) is 29.1 Å². The van der Waals surface area contributed by atoms with Crippen LogP contribution >= 0.6 is 23.2 Å². The van der Waals surface area contributed by atoms with E-state index in [2.05, 4.69) is 11.4 Å². The molecule has 0 unspecified atom stereocenters. The minimum absolute atomic E-state index is 0.240. The van der Waals surface area contributed by atoms with Gasteiger partial charge in [-0.05, 0) is 60.7 Å².